The first kappa shape index (κ1) is 27.9. The Kier molecular flexibility index (Phi) is 8.72. The van der Waals surface area contributed by atoms with E-state index in [0.29, 0.717) is 45.0 Å². The van der Waals surface area contributed by atoms with Gasteiger partial charge in [-0.1, -0.05) is 41.6 Å². The summed E-state index contributed by atoms with van der Waals surface area (Å²) in [6.07, 6.45) is 0. The van der Waals surface area contributed by atoms with Gasteiger partial charge in [0.05, 0.1) is 22.4 Å². The van der Waals surface area contributed by atoms with E-state index in [1.807, 2.05) is 43.5 Å². The zero-order valence-electron chi connectivity index (χ0n) is 21.8. The number of carbonyl (C=O) groups excluding carboxylic acids is 2. The molecule has 0 bridgehead atoms. The number of nitro groups is 1. The quantitative estimate of drug-likeness (QED) is 0.152. The third-order valence-corrected chi connectivity index (χ3v) is 7.59. The highest BCUT2D eigenvalue weighted by molar-refractivity contribution is 7.99. The number of nitrogens with zero attached hydrogens (tertiary/aromatic N) is 5. The van der Waals surface area contributed by atoms with Crippen LogP contribution in [0.4, 0.5) is 10.8 Å². The second kappa shape index (κ2) is 12.2. The standard InChI is InChI=1S/C26H27N7O4S2/c1-5-32-23(17(4)27-24(35)19-8-6-7-15(2)11-19)30-31-26(32)39-14-22(34)29-25-28-20(13-38-25)18-10-9-16(3)21(12-18)33(36)37/h6-13,17H,5,14H2,1-4H3,(H,27,35)(H,28,29,34). The van der Waals surface area contributed by atoms with E-state index < -0.39 is 4.92 Å². The van der Waals surface area contributed by atoms with Gasteiger partial charge in [-0.05, 0) is 39.8 Å². The van der Waals surface area contributed by atoms with Gasteiger partial charge in [0.2, 0.25) is 5.91 Å². The van der Waals surface area contributed by atoms with Crippen LogP contribution in [0.1, 0.15) is 47.2 Å². The number of amides is 2. The number of nitro benzene ring substituents is 1. The second-order valence-electron chi connectivity index (χ2n) is 8.78. The lowest BCUT2D eigenvalue weighted by Crippen LogP contribution is -2.28. The lowest BCUT2D eigenvalue weighted by atomic mass is 10.1. The first-order chi connectivity index (χ1) is 18.7. The number of carbonyl (C=O) groups is 2. The van der Waals surface area contributed by atoms with Crippen molar-refractivity contribution in [1.29, 1.82) is 0 Å². The molecule has 0 fully saturated rings. The van der Waals surface area contributed by atoms with Crippen molar-refractivity contribution in [3.05, 3.63) is 80.5 Å². The molecule has 2 heterocycles. The van der Waals surface area contributed by atoms with E-state index in [1.54, 1.807) is 30.5 Å². The van der Waals surface area contributed by atoms with Gasteiger partial charge in [-0.2, -0.15) is 0 Å². The molecule has 1 unspecified atom stereocenters. The van der Waals surface area contributed by atoms with Gasteiger partial charge in [0.1, 0.15) is 0 Å². The van der Waals surface area contributed by atoms with Gasteiger partial charge in [0, 0.05) is 34.7 Å². The van der Waals surface area contributed by atoms with Crippen LogP contribution in [0.25, 0.3) is 11.3 Å². The number of rotatable bonds is 10. The Hall–Kier alpha value is -4.10. The molecule has 0 spiro atoms. The summed E-state index contributed by atoms with van der Waals surface area (Å²) in [7, 11) is 0. The fourth-order valence-corrected chi connectivity index (χ4v) is 5.42. The molecule has 0 saturated heterocycles. The van der Waals surface area contributed by atoms with Crippen LogP contribution in [-0.2, 0) is 11.3 Å². The van der Waals surface area contributed by atoms with Crippen LogP contribution in [-0.4, -0.2) is 42.2 Å². The predicted octanol–water partition coefficient (Wildman–Crippen LogP) is 5.17. The van der Waals surface area contributed by atoms with Crippen molar-refractivity contribution in [1.82, 2.24) is 25.1 Å². The number of benzene rings is 2. The van der Waals surface area contributed by atoms with Crippen LogP contribution in [0, 0.1) is 24.0 Å². The van der Waals surface area contributed by atoms with E-state index in [4.69, 9.17) is 0 Å². The van der Waals surface area contributed by atoms with Gasteiger partial charge in [-0.25, -0.2) is 4.98 Å². The van der Waals surface area contributed by atoms with Gasteiger partial charge in [-0.15, -0.1) is 21.5 Å². The van der Waals surface area contributed by atoms with Crippen molar-refractivity contribution in [2.45, 2.75) is 45.4 Å². The van der Waals surface area contributed by atoms with Crippen molar-refractivity contribution < 1.29 is 14.5 Å². The molecule has 11 nitrogen and oxygen atoms in total. The molecule has 4 rings (SSSR count). The molecule has 0 aliphatic carbocycles. The number of thiazole rings is 1. The fourth-order valence-electron chi connectivity index (χ4n) is 3.87. The van der Waals surface area contributed by atoms with Crippen LogP contribution in [0.2, 0.25) is 0 Å². The first-order valence-electron chi connectivity index (χ1n) is 12.1. The summed E-state index contributed by atoms with van der Waals surface area (Å²) in [6, 6.07) is 11.9. The zero-order chi connectivity index (χ0) is 28.1. The van der Waals surface area contributed by atoms with Crippen molar-refractivity contribution in [3.8, 4) is 11.3 Å². The minimum absolute atomic E-state index is 0.0194. The predicted molar refractivity (Wildman–Crippen MR) is 151 cm³/mol. The normalized spacial score (nSPS) is 11.7. The van der Waals surface area contributed by atoms with Crippen LogP contribution in [0.15, 0.2) is 53.0 Å². The minimum Gasteiger partial charge on any atom is -0.342 e. The highest BCUT2D eigenvalue weighted by Gasteiger charge is 2.21. The molecule has 202 valence electrons. The van der Waals surface area contributed by atoms with Gasteiger partial charge >= 0.3 is 0 Å². The Morgan fingerprint density at radius 3 is 2.69 bits per heavy atom. The van der Waals surface area contributed by atoms with Crippen LogP contribution in [0.5, 0.6) is 0 Å². The number of thioether (sulfide) groups is 1. The third kappa shape index (κ3) is 6.67. The number of aromatic nitrogens is 4. The van der Waals surface area contributed by atoms with Crippen LogP contribution < -0.4 is 10.6 Å². The van der Waals surface area contributed by atoms with Gasteiger partial charge in [-0.3, -0.25) is 19.7 Å². The van der Waals surface area contributed by atoms with E-state index in [2.05, 4.69) is 25.8 Å². The second-order valence-corrected chi connectivity index (χ2v) is 10.6. The summed E-state index contributed by atoms with van der Waals surface area (Å²) >= 11 is 2.47. The number of aryl methyl sites for hydroxylation is 2. The molecule has 0 radical (unpaired) electrons. The number of anilines is 1. The molecule has 1 atom stereocenters. The van der Waals surface area contributed by atoms with Crippen molar-refractivity contribution in [2.24, 2.45) is 0 Å². The van der Waals surface area contributed by atoms with Crippen molar-refractivity contribution in [3.63, 3.8) is 0 Å². The van der Waals surface area contributed by atoms with E-state index in [1.165, 1.54) is 29.2 Å². The van der Waals surface area contributed by atoms with Gasteiger partial charge < -0.3 is 15.2 Å². The minimum atomic E-state index is -0.426. The largest absolute Gasteiger partial charge is 0.342 e. The smallest absolute Gasteiger partial charge is 0.272 e. The van der Waals surface area contributed by atoms with Crippen molar-refractivity contribution in [2.75, 3.05) is 11.1 Å². The molecule has 2 aromatic carbocycles. The lowest BCUT2D eigenvalue weighted by molar-refractivity contribution is -0.385. The van der Waals surface area contributed by atoms with Crippen LogP contribution >= 0.6 is 23.1 Å². The third-order valence-electron chi connectivity index (χ3n) is 5.86. The lowest BCUT2D eigenvalue weighted by Gasteiger charge is -2.15. The van der Waals surface area contributed by atoms with E-state index >= 15 is 0 Å². The Labute approximate surface area is 233 Å². The molecule has 2 aromatic heterocycles. The fraction of sp³-hybridized carbons (Fsp3) is 0.269. The number of hydrogen-bond donors (Lipinski definition) is 2. The molecule has 0 aliphatic heterocycles. The Morgan fingerprint density at radius 2 is 1.97 bits per heavy atom. The molecule has 4 aromatic rings. The van der Waals surface area contributed by atoms with Crippen molar-refractivity contribution >= 4 is 45.7 Å². The molecule has 2 N–H and O–H groups in total. The summed E-state index contributed by atoms with van der Waals surface area (Å²) in [5.74, 6) is 0.197. The number of hydrogen-bond acceptors (Lipinski definition) is 9. The first-order valence-corrected chi connectivity index (χ1v) is 14.0. The molecule has 2 amide bonds. The molecular formula is C26H27N7O4S2. The van der Waals surface area contributed by atoms with Crippen LogP contribution in [0.3, 0.4) is 0 Å². The monoisotopic (exact) mass is 565 g/mol. The average Bonchev–Trinajstić information content (AvgIpc) is 3.54. The maximum absolute atomic E-state index is 12.7. The molecule has 39 heavy (non-hydrogen) atoms. The Balaban J connectivity index is 1.36. The maximum Gasteiger partial charge on any atom is 0.272 e. The SMILES string of the molecule is CCn1c(SCC(=O)Nc2nc(-c3ccc(C)c([N+](=O)[O-])c3)cs2)nnc1C(C)NC(=O)c1cccc(C)c1. The van der Waals surface area contributed by atoms with E-state index in [-0.39, 0.29) is 29.3 Å². The summed E-state index contributed by atoms with van der Waals surface area (Å²) in [6.45, 7) is 7.96. The number of nitrogens with one attached hydrogen (secondary N) is 2. The summed E-state index contributed by atoms with van der Waals surface area (Å²) in [4.78, 5) is 40.5. The highest BCUT2D eigenvalue weighted by atomic mass is 32.2. The average molecular weight is 566 g/mol. The van der Waals surface area contributed by atoms with E-state index in [9.17, 15) is 19.7 Å². The highest BCUT2D eigenvalue weighted by Crippen LogP contribution is 2.29. The summed E-state index contributed by atoms with van der Waals surface area (Å²) < 4.78 is 1.87. The Bertz CT molecular complexity index is 1530. The molecule has 13 heteroatoms. The van der Waals surface area contributed by atoms with Gasteiger partial charge in [0.15, 0.2) is 16.1 Å². The zero-order valence-corrected chi connectivity index (χ0v) is 23.4. The summed E-state index contributed by atoms with van der Waals surface area (Å²) in [5, 5.41) is 28.2. The van der Waals surface area contributed by atoms with Gasteiger partial charge in [0.25, 0.3) is 11.6 Å². The topological polar surface area (TPSA) is 145 Å². The maximum atomic E-state index is 12.7. The molecule has 0 aliphatic rings. The van der Waals surface area contributed by atoms with E-state index in [0.717, 1.165) is 5.56 Å². The Morgan fingerprint density at radius 1 is 1.18 bits per heavy atom. The molecular weight excluding hydrogens is 538 g/mol. The summed E-state index contributed by atoms with van der Waals surface area (Å²) in [5.41, 5.74) is 3.30. The molecule has 0 saturated carbocycles.